The van der Waals surface area contributed by atoms with E-state index in [-0.39, 0.29) is 11.3 Å². The van der Waals surface area contributed by atoms with Crippen LogP contribution in [0.2, 0.25) is 0 Å². The molecule has 0 saturated heterocycles. The zero-order valence-corrected chi connectivity index (χ0v) is 13.1. The van der Waals surface area contributed by atoms with Crippen LogP contribution < -0.4 is 0 Å². The zero-order chi connectivity index (χ0) is 16.3. The topological polar surface area (TPSA) is 54.5 Å². The van der Waals surface area contributed by atoms with Gasteiger partial charge in [-0.05, 0) is 36.8 Å². The summed E-state index contributed by atoms with van der Waals surface area (Å²) in [6.07, 6.45) is -0.109. The SMILES string of the molecule is Cc1ccc(S(=O)(=O)N(C)C(=O)Cc2ccc(F)cc2)cc1. The number of sulfonamides is 1. The molecule has 0 bridgehead atoms. The first-order chi connectivity index (χ1) is 10.3. The van der Waals surface area contributed by atoms with Gasteiger partial charge in [0.1, 0.15) is 5.82 Å². The molecule has 0 aliphatic heterocycles. The van der Waals surface area contributed by atoms with E-state index in [0.717, 1.165) is 9.87 Å². The van der Waals surface area contributed by atoms with E-state index < -0.39 is 21.7 Å². The lowest BCUT2D eigenvalue weighted by atomic mass is 10.1. The Bertz CT molecular complexity index is 768. The van der Waals surface area contributed by atoms with Crippen molar-refractivity contribution in [2.24, 2.45) is 0 Å². The molecular formula is C16H16FNO3S. The number of halogens is 1. The van der Waals surface area contributed by atoms with Crippen LogP contribution in [0, 0.1) is 12.7 Å². The highest BCUT2D eigenvalue weighted by Crippen LogP contribution is 2.16. The Labute approximate surface area is 129 Å². The molecule has 4 nitrogen and oxygen atoms in total. The molecule has 2 aromatic rings. The number of carbonyl (C=O) groups excluding carboxylic acids is 1. The molecule has 0 atom stereocenters. The molecule has 0 aromatic heterocycles. The van der Waals surface area contributed by atoms with Crippen molar-refractivity contribution >= 4 is 15.9 Å². The molecule has 116 valence electrons. The Kier molecular flexibility index (Phi) is 4.61. The van der Waals surface area contributed by atoms with Gasteiger partial charge in [-0.2, -0.15) is 0 Å². The molecule has 0 saturated carbocycles. The molecule has 0 spiro atoms. The summed E-state index contributed by atoms with van der Waals surface area (Å²) in [6.45, 7) is 1.85. The largest absolute Gasteiger partial charge is 0.273 e. The van der Waals surface area contributed by atoms with E-state index in [4.69, 9.17) is 0 Å². The van der Waals surface area contributed by atoms with Crippen molar-refractivity contribution in [2.75, 3.05) is 7.05 Å². The summed E-state index contributed by atoms with van der Waals surface area (Å²) >= 11 is 0. The summed E-state index contributed by atoms with van der Waals surface area (Å²) in [5.41, 5.74) is 1.48. The van der Waals surface area contributed by atoms with E-state index in [1.165, 1.54) is 43.4 Å². The third-order valence-corrected chi connectivity index (χ3v) is 5.09. The lowest BCUT2D eigenvalue weighted by Crippen LogP contribution is -2.34. The van der Waals surface area contributed by atoms with Gasteiger partial charge in [-0.1, -0.05) is 29.8 Å². The predicted molar refractivity (Wildman–Crippen MR) is 81.2 cm³/mol. The number of hydrogen-bond donors (Lipinski definition) is 0. The Hall–Kier alpha value is -2.21. The van der Waals surface area contributed by atoms with Crippen molar-refractivity contribution in [2.45, 2.75) is 18.2 Å². The van der Waals surface area contributed by atoms with Crippen LogP contribution in [0.3, 0.4) is 0 Å². The minimum atomic E-state index is -3.87. The Morgan fingerprint density at radius 2 is 1.59 bits per heavy atom. The Morgan fingerprint density at radius 1 is 1.05 bits per heavy atom. The number of amides is 1. The maximum atomic E-state index is 12.8. The van der Waals surface area contributed by atoms with Crippen molar-refractivity contribution in [3.05, 3.63) is 65.5 Å². The molecule has 2 aromatic carbocycles. The van der Waals surface area contributed by atoms with Gasteiger partial charge < -0.3 is 0 Å². The summed E-state index contributed by atoms with van der Waals surface area (Å²) < 4.78 is 38.3. The highest BCUT2D eigenvalue weighted by atomic mass is 32.2. The number of rotatable bonds is 4. The van der Waals surface area contributed by atoms with Crippen LogP contribution in [0.5, 0.6) is 0 Å². The fraction of sp³-hybridized carbons (Fsp3) is 0.188. The molecule has 0 heterocycles. The second-order valence-electron chi connectivity index (χ2n) is 4.98. The zero-order valence-electron chi connectivity index (χ0n) is 12.3. The van der Waals surface area contributed by atoms with E-state index in [0.29, 0.717) is 5.56 Å². The first-order valence-electron chi connectivity index (χ1n) is 6.63. The van der Waals surface area contributed by atoms with Gasteiger partial charge in [0.25, 0.3) is 10.0 Å². The Morgan fingerprint density at radius 3 is 2.14 bits per heavy atom. The molecule has 6 heteroatoms. The van der Waals surface area contributed by atoms with E-state index in [9.17, 15) is 17.6 Å². The highest BCUT2D eigenvalue weighted by Gasteiger charge is 2.25. The van der Waals surface area contributed by atoms with E-state index >= 15 is 0 Å². The number of nitrogens with zero attached hydrogens (tertiary/aromatic N) is 1. The fourth-order valence-corrected chi connectivity index (χ4v) is 3.02. The third-order valence-electron chi connectivity index (χ3n) is 3.30. The monoisotopic (exact) mass is 321 g/mol. The average Bonchev–Trinajstić information content (AvgIpc) is 2.49. The summed E-state index contributed by atoms with van der Waals surface area (Å²) in [6, 6.07) is 11.7. The van der Waals surface area contributed by atoms with Gasteiger partial charge in [0.2, 0.25) is 5.91 Å². The predicted octanol–water partition coefficient (Wildman–Crippen LogP) is 2.52. The second-order valence-corrected chi connectivity index (χ2v) is 6.95. The molecule has 0 unspecified atom stereocenters. The first kappa shape index (κ1) is 16.2. The summed E-state index contributed by atoms with van der Waals surface area (Å²) in [4.78, 5) is 12.2. The molecule has 0 radical (unpaired) electrons. The van der Waals surface area contributed by atoms with Gasteiger partial charge in [-0.25, -0.2) is 17.1 Å². The Balaban J connectivity index is 2.18. The molecule has 2 rings (SSSR count). The molecule has 0 aliphatic rings. The van der Waals surface area contributed by atoms with Gasteiger partial charge in [0.05, 0.1) is 11.3 Å². The van der Waals surface area contributed by atoms with Crippen LogP contribution in [-0.4, -0.2) is 25.7 Å². The van der Waals surface area contributed by atoms with Gasteiger partial charge in [0, 0.05) is 7.05 Å². The van der Waals surface area contributed by atoms with Crippen molar-refractivity contribution in [1.29, 1.82) is 0 Å². The van der Waals surface area contributed by atoms with Crippen LogP contribution in [0.15, 0.2) is 53.4 Å². The molecule has 0 aliphatic carbocycles. The number of benzene rings is 2. The van der Waals surface area contributed by atoms with Crippen molar-refractivity contribution in [1.82, 2.24) is 4.31 Å². The third kappa shape index (κ3) is 3.51. The quantitative estimate of drug-likeness (QED) is 0.869. The van der Waals surface area contributed by atoms with Gasteiger partial charge in [-0.3, -0.25) is 4.79 Å². The molecule has 0 N–H and O–H groups in total. The van der Waals surface area contributed by atoms with Crippen molar-refractivity contribution < 1.29 is 17.6 Å². The number of aryl methyl sites for hydroxylation is 1. The molecule has 1 amide bonds. The second kappa shape index (κ2) is 6.27. The van der Waals surface area contributed by atoms with Crippen LogP contribution in [0.25, 0.3) is 0 Å². The molecular weight excluding hydrogens is 305 g/mol. The highest BCUT2D eigenvalue weighted by molar-refractivity contribution is 7.89. The summed E-state index contributed by atoms with van der Waals surface area (Å²) in [5, 5.41) is 0. The van der Waals surface area contributed by atoms with Crippen LogP contribution >= 0.6 is 0 Å². The maximum Gasteiger partial charge on any atom is 0.266 e. The minimum Gasteiger partial charge on any atom is -0.273 e. The molecule has 0 fully saturated rings. The van der Waals surface area contributed by atoms with Crippen LogP contribution in [0.4, 0.5) is 4.39 Å². The average molecular weight is 321 g/mol. The normalized spacial score (nSPS) is 11.2. The van der Waals surface area contributed by atoms with E-state index in [1.54, 1.807) is 12.1 Å². The smallest absolute Gasteiger partial charge is 0.266 e. The van der Waals surface area contributed by atoms with E-state index in [1.807, 2.05) is 6.92 Å². The number of carbonyl (C=O) groups is 1. The maximum absolute atomic E-state index is 12.8. The van der Waals surface area contributed by atoms with Gasteiger partial charge in [0.15, 0.2) is 0 Å². The number of hydrogen-bond acceptors (Lipinski definition) is 3. The van der Waals surface area contributed by atoms with Crippen molar-refractivity contribution in [3.8, 4) is 0 Å². The molecule has 22 heavy (non-hydrogen) atoms. The van der Waals surface area contributed by atoms with Crippen LogP contribution in [-0.2, 0) is 21.2 Å². The number of likely N-dealkylation sites (N-methyl/N-ethyl adjacent to an activating group) is 1. The standard InChI is InChI=1S/C16H16FNO3S/c1-12-3-9-15(10-4-12)22(20,21)18(2)16(19)11-13-5-7-14(17)8-6-13/h3-10H,11H2,1-2H3. The minimum absolute atomic E-state index is 0.0630. The van der Waals surface area contributed by atoms with Gasteiger partial charge >= 0.3 is 0 Å². The lowest BCUT2D eigenvalue weighted by Gasteiger charge is -2.17. The summed E-state index contributed by atoms with van der Waals surface area (Å²) in [5.74, 6) is -0.982. The lowest BCUT2D eigenvalue weighted by molar-refractivity contribution is -0.124. The fourth-order valence-electron chi connectivity index (χ4n) is 1.89. The van der Waals surface area contributed by atoms with Crippen LogP contribution in [0.1, 0.15) is 11.1 Å². The van der Waals surface area contributed by atoms with E-state index in [2.05, 4.69) is 0 Å². The first-order valence-corrected chi connectivity index (χ1v) is 8.07. The summed E-state index contributed by atoms with van der Waals surface area (Å²) in [7, 11) is -2.65. The van der Waals surface area contributed by atoms with Crippen molar-refractivity contribution in [3.63, 3.8) is 0 Å². The van der Waals surface area contributed by atoms with Gasteiger partial charge in [-0.15, -0.1) is 0 Å².